The van der Waals surface area contributed by atoms with Gasteiger partial charge in [-0.2, -0.15) is 0 Å². The first-order chi connectivity index (χ1) is 28.1. The number of esters is 2. The average Bonchev–Trinajstić information content (AvgIpc) is 3.18. The van der Waals surface area contributed by atoms with E-state index in [-0.39, 0.29) is 42.7 Å². The molecule has 0 aromatic carbocycles. The zero-order valence-electron chi connectivity index (χ0n) is 38.0. The lowest BCUT2D eigenvalue weighted by Crippen LogP contribution is -2.50. The Morgan fingerprint density at radius 3 is 1.40 bits per heavy atom. The maximum Gasteiger partial charge on any atom is 0.362 e. The third-order valence-electron chi connectivity index (χ3n) is 10.2. The molecular formula is C50H88NO7+. The predicted octanol–water partition coefficient (Wildman–Crippen LogP) is 13.0. The molecule has 8 nitrogen and oxygen atoms in total. The van der Waals surface area contributed by atoms with Crippen molar-refractivity contribution < 1.29 is 38.2 Å². The molecule has 0 aliphatic carbocycles. The van der Waals surface area contributed by atoms with Gasteiger partial charge >= 0.3 is 17.9 Å². The number of carboxylic acid groups (broad SMARTS) is 1. The number of rotatable bonds is 41. The minimum Gasteiger partial charge on any atom is -0.477 e. The lowest BCUT2D eigenvalue weighted by atomic mass is 10.0. The van der Waals surface area contributed by atoms with E-state index in [2.05, 4.69) is 62.5 Å². The van der Waals surface area contributed by atoms with Gasteiger partial charge in [-0.3, -0.25) is 9.59 Å². The van der Waals surface area contributed by atoms with Crippen LogP contribution in [-0.2, 0) is 28.6 Å². The Morgan fingerprint density at radius 1 is 0.534 bits per heavy atom. The minimum atomic E-state index is -0.886. The molecule has 0 aliphatic rings. The number of quaternary nitrogens is 1. The van der Waals surface area contributed by atoms with Crippen LogP contribution in [-0.4, -0.2) is 80.6 Å². The average molecular weight is 815 g/mol. The third-order valence-corrected chi connectivity index (χ3v) is 10.2. The fraction of sp³-hybridized carbons (Fsp3) is 0.740. The first kappa shape index (κ1) is 55.0. The van der Waals surface area contributed by atoms with Crippen molar-refractivity contribution in [3.8, 4) is 0 Å². The summed E-state index contributed by atoms with van der Waals surface area (Å²) in [5, 5.41) is 9.62. The Kier molecular flexibility index (Phi) is 38.7. The molecule has 0 saturated carbocycles. The highest BCUT2D eigenvalue weighted by Crippen LogP contribution is 2.15. The lowest BCUT2D eigenvalue weighted by molar-refractivity contribution is -0.887. The van der Waals surface area contributed by atoms with Gasteiger partial charge in [0.2, 0.25) is 0 Å². The second kappa shape index (κ2) is 40.8. The Bertz CT molecular complexity index is 1130. The number of allylic oxidation sites excluding steroid dienone is 10. The first-order valence-corrected chi connectivity index (χ1v) is 23.3. The molecule has 0 aromatic rings. The molecule has 0 aliphatic heterocycles. The van der Waals surface area contributed by atoms with Crippen molar-refractivity contribution in [1.82, 2.24) is 0 Å². The molecule has 0 fully saturated rings. The van der Waals surface area contributed by atoms with Crippen LogP contribution in [0.1, 0.15) is 187 Å². The van der Waals surface area contributed by atoms with E-state index in [1.165, 1.54) is 96.3 Å². The Labute approximate surface area is 356 Å². The van der Waals surface area contributed by atoms with Gasteiger partial charge in [0.05, 0.1) is 34.4 Å². The van der Waals surface area contributed by atoms with E-state index in [0.717, 1.165) is 51.4 Å². The summed E-state index contributed by atoms with van der Waals surface area (Å²) in [4.78, 5) is 37.0. The SMILES string of the molecule is CC/C=C/C/C=C/C/C=C/C/C=C/C/C=C/CCC(=O)OC(COCCC(C(=O)O)[N+](C)(C)C)COC(=O)CCCCCCCCCCCCCCCCCCCC. The molecular weight excluding hydrogens is 727 g/mol. The molecule has 0 bridgehead atoms. The van der Waals surface area contributed by atoms with E-state index in [1.54, 1.807) is 0 Å². The van der Waals surface area contributed by atoms with Crippen LogP contribution in [0.15, 0.2) is 60.8 Å². The Morgan fingerprint density at radius 2 is 0.966 bits per heavy atom. The highest BCUT2D eigenvalue weighted by Gasteiger charge is 2.31. The van der Waals surface area contributed by atoms with Gasteiger partial charge < -0.3 is 23.8 Å². The van der Waals surface area contributed by atoms with E-state index in [4.69, 9.17) is 14.2 Å². The zero-order valence-corrected chi connectivity index (χ0v) is 38.0. The van der Waals surface area contributed by atoms with E-state index in [1.807, 2.05) is 33.3 Å². The maximum absolute atomic E-state index is 12.7. The van der Waals surface area contributed by atoms with E-state index in [0.29, 0.717) is 19.3 Å². The summed E-state index contributed by atoms with van der Waals surface area (Å²) >= 11 is 0. The molecule has 1 N–H and O–H groups in total. The minimum absolute atomic E-state index is 0.0311. The molecule has 58 heavy (non-hydrogen) atoms. The monoisotopic (exact) mass is 815 g/mol. The van der Waals surface area contributed by atoms with Gasteiger partial charge in [0.1, 0.15) is 6.61 Å². The number of aliphatic carboxylic acids is 1. The first-order valence-electron chi connectivity index (χ1n) is 23.3. The summed E-state index contributed by atoms with van der Waals surface area (Å²) in [6.45, 7) is 4.55. The predicted molar refractivity (Wildman–Crippen MR) is 243 cm³/mol. The third kappa shape index (κ3) is 38.5. The molecule has 0 spiro atoms. The molecule has 2 unspecified atom stereocenters. The highest BCUT2D eigenvalue weighted by molar-refractivity contribution is 5.72. The molecule has 334 valence electrons. The number of carbonyl (C=O) groups excluding carboxylic acids is 2. The van der Waals surface area contributed by atoms with Gasteiger partial charge in [-0.05, 0) is 44.9 Å². The smallest absolute Gasteiger partial charge is 0.362 e. The summed E-state index contributed by atoms with van der Waals surface area (Å²) in [6.07, 6.45) is 50.0. The van der Waals surface area contributed by atoms with Gasteiger partial charge in [0, 0.05) is 19.3 Å². The number of carboxylic acids is 1. The van der Waals surface area contributed by atoms with E-state index < -0.39 is 18.1 Å². The van der Waals surface area contributed by atoms with Crippen LogP contribution >= 0.6 is 0 Å². The van der Waals surface area contributed by atoms with Gasteiger partial charge in [-0.15, -0.1) is 0 Å². The maximum atomic E-state index is 12.7. The molecule has 0 rings (SSSR count). The van der Waals surface area contributed by atoms with Crippen LogP contribution < -0.4 is 0 Å². The quantitative estimate of drug-likeness (QED) is 0.0284. The summed E-state index contributed by atoms with van der Waals surface area (Å²) in [6, 6.07) is -0.628. The number of nitrogens with zero attached hydrogens (tertiary/aromatic N) is 1. The van der Waals surface area contributed by atoms with Crippen LogP contribution in [0.3, 0.4) is 0 Å². The normalized spacial score (nSPS) is 13.5. The molecule has 0 aromatic heterocycles. The van der Waals surface area contributed by atoms with Gasteiger partial charge in [-0.25, -0.2) is 4.79 Å². The van der Waals surface area contributed by atoms with Crippen LogP contribution in [0.2, 0.25) is 0 Å². The summed E-state index contributed by atoms with van der Waals surface area (Å²) < 4.78 is 17.2. The summed E-state index contributed by atoms with van der Waals surface area (Å²) in [7, 11) is 5.50. The van der Waals surface area contributed by atoms with Crippen LogP contribution in [0, 0.1) is 0 Å². The number of carbonyl (C=O) groups is 3. The van der Waals surface area contributed by atoms with Crippen molar-refractivity contribution in [2.75, 3.05) is 41.0 Å². The number of hydrogen-bond donors (Lipinski definition) is 1. The summed E-state index contributed by atoms with van der Waals surface area (Å²) in [5.74, 6) is -1.57. The second-order valence-electron chi connectivity index (χ2n) is 16.6. The molecule has 8 heteroatoms. The van der Waals surface area contributed by atoms with Crippen molar-refractivity contribution in [3.63, 3.8) is 0 Å². The number of hydrogen-bond acceptors (Lipinski definition) is 6. The van der Waals surface area contributed by atoms with Crippen LogP contribution in [0.25, 0.3) is 0 Å². The van der Waals surface area contributed by atoms with Crippen molar-refractivity contribution in [2.45, 2.75) is 199 Å². The fourth-order valence-corrected chi connectivity index (χ4v) is 6.61. The van der Waals surface area contributed by atoms with Crippen molar-refractivity contribution in [3.05, 3.63) is 60.8 Å². The van der Waals surface area contributed by atoms with Crippen LogP contribution in [0.5, 0.6) is 0 Å². The lowest BCUT2D eigenvalue weighted by Gasteiger charge is -2.31. The number of ether oxygens (including phenoxy) is 3. The number of likely N-dealkylation sites (N-methyl/N-ethyl adjacent to an activating group) is 1. The summed E-state index contributed by atoms with van der Waals surface area (Å²) in [5.41, 5.74) is 0. The molecule has 0 heterocycles. The van der Waals surface area contributed by atoms with Gasteiger partial charge in [-0.1, -0.05) is 184 Å². The number of unbranched alkanes of at least 4 members (excludes halogenated alkanes) is 17. The largest absolute Gasteiger partial charge is 0.477 e. The topological polar surface area (TPSA) is 99.1 Å². The van der Waals surface area contributed by atoms with E-state index >= 15 is 0 Å². The van der Waals surface area contributed by atoms with Gasteiger partial charge in [0.15, 0.2) is 12.1 Å². The van der Waals surface area contributed by atoms with Gasteiger partial charge in [0.25, 0.3) is 0 Å². The van der Waals surface area contributed by atoms with Crippen molar-refractivity contribution in [2.24, 2.45) is 0 Å². The highest BCUT2D eigenvalue weighted by atomic mass is 16.6. The molecule has 2 atom stereocenters. The van der Waals surface area contributed by atoms with Crippen molar-refractivity contribution >= 4 is 17.9 Å². The zero-order chi connectivity index (χ0) is 42.8. The fourth-order valence-electron chi connectivity index (χ4n) is 6.61. The molecule has 0 amide bonds. The van der Waals surface area contributed by atoms with Crippen LogP contribution in [0.4, 0.5) is 0 Å². The van der Waals surface area contributed by atoms with Crippen molar-refractivity contribution in [1.29, 1.82) is 0 Å². The van der Waals surface area contributed by atoms with E-state index in [9.17, 15) is 19.5 Å². The second-order valence-corrected chi connectivity index (χ2v) is 16.6. The standard InChI is InChI=1S/C50H87NO7/c1-6-8-10-12-14-16-18-20-22-24-25-27-28-30-32-34-36-38-40-48(52)57-45-46(44-56-43-42-47(50(54)55)51(3,4)5)58-49(53)41-39-37-35-33-31-29-26-23-21-19-17-15-13-11-9-7-2/h9,11,15,17,21,23,29,31,35,37,46-47H,6-8,10,12-14,16,18-20,22,24-28,30,32-34,36,38-45H2,1-5H3/p+1/b11-9+,17-15+,23-21+,31-29+,37-35+. The molecule has 0 radical (unpaired) electrons. The molecule has 0 saturated heterocycles. The Hall–Kier alpha value is -2.97. The Balaban J connectivity index is 4.39.